The molecule has 0 saturated heterocycles. The lowest BCUT2D eigenvalue weighted by Crippen LogP contribution is -2.25. The molecule has 1 fully saturated rings. The van der Waals surface area contributed by atoms with Crippen molar-refractivity contribution in [2.75, 3.05) is 0 Å². The minimum absolute atomic E-state index is 0.104. The van der Waals surface area contributed by atoms with Gasteiger partial charge in [0.2, 0.25) is 0 Å². The molecule has 0 radical (unpaired) electrons. The molecule has 6 rings (SSSR count). The van der Waals surface area contributed by atoms with Crippen LogP contribution in [-0.2, 0) is 6.11 Å². The van der Waals surface area contributed by atoms with Crippen LogP contribution in [0.1, 0.15) is 42.7 Å². The molecule has 0 N–H and O–H groups in total. The molecule has 5 aromatic rings. The summed E-state index contributed by atoms with van der Waals surface area (Å²) in [5.74, 6) is -10.3. The van der Waals surface area contributed by atoms with Crippen molar-refractivity contribution >= 4 is 21.6 Å². The molecule has 0 bridgehead atoms. The van der Waals surface area contributed by atoms with Crippen LogP contribution in [0.4, 0.5) is 35.1 Å². The van der Waals surface area contributed by atoms with Gasteiger partial charge in [-0.2, -0.15) is 8.78 Å². The van der Waals surface area contributed by atoms with Crippen LogP contribution in [0.5, 0.6) is 5.75 Å². The van der Waals surface area contributed by atoms with Crippen molar-refractivity contribution in [3.63, 3.8) is 0 Å². The summed E-state index contributed by atoms with van der Waals surface area (Å²) in [4.78, 5) is 4.61. The summed E-state index contributed by atoms with van der Waals surface area (Å²) in [6, 6.07) is 11.2. The van der Waals surface area contributed by atoms with Gasteiger partial charge in [0, 0.05) is 23.3 Å². The molecule has 0 amide bonds. The summed E-state index contributed by atoms with van der Waals surface area (Å²) in [5.41, 5.74) is -0.141. The van der Waals surface area contributed by atoms with E-state index in [9.17, 15) is 30.7 Å². The van der Waals surface area contributed by atoms with Crippen molar-refractivity contribution in [2.45, 2.75) is 37.7 Å². The van der Waals surface area contributed by atoms with Gasteiger partial charge >= 0.3 is 6.11 Å². The molecule has 1 saturated carbocycles. The predicted octanol–water partition coefficient (Wildman–Crippen LogP) is 11.1. The van der Waals surface area contributed by atoms with E-state index in [-0.39, 0.29) is 23.3 Å². The quantitative estimate of drug-likeness (QED) is 0.0998. The van der Waals surface area contributed by atoms with Gasteiger partial charge in [0.05, 0.1) is 10.2 Å². The lowest BCUT2D eigenvalue weighted by molar-refractivity contribution is -0.189. The normalized spacial score (nSPS) is 17.1. The number of benzene rings is 4. The van der Waals surface area contributed by atoms with Crippen LogP contribution in [0.25, 0.3) is 31.9 Å². The number of fused-ring (bicyclic) bond motifs is 1. The molecule has 1 aliphatic carbocycles. The zero-order valence-electron chi connectivity index (χ0n) is 23.3. The number of aromatic nitrogens is 1. The van der Waals surface area contributed by atoms with Crippen LogP contribution < -0.4 is 4.74 Å². The molecule has 0 aliphatic heterocycles. The number of nitrogens with zero attached hydrogens (tertiary/aromatic N) is 1. The first-order chi connectivity index (χ1) is 21.4. The van der Waals surface area contributed by atoms with Gasteiger partial charge < -0.3 is 4.74 Å². The van der Waals surface area contributed by atoms with E-state index in [1.54, 1.807) is 0 Å². The number of allylic oxidation sites excluding steroid dienone is 1. The maximum Gasteiger partial charge on any atom is 0.432 e. The molecule has 1 aromatic heterocycles. The Morgan fingerprint density at radius 2 is 1.40 bits per heavy atom. The van der Waals surface area contributed by atoms with Gasteiger partial charge in [-0.15, -0.1) is 17.9 Å². The molecular formula is C34H23F8NOS. The smallest absolute Gasteiger partial charge is 0.429 e. The number of hydrogen-bond donors (Lipinski definition) is 0. The molecule has 45 heavy (non-hydrogen) atoms. The molecular weight excluding hydrogens is 622 g/mol. The average molecular weight is 646 g/mol. The highest BCUT2D eigenvalue weighted by Crippen LogP contribution is 2.41. The maximum atomic E-state index is 15.3. The topological polar surface area (TPSA) is 22.1 Å². The molecule has 232 valence electrons. The molecule has 2 nitrogen and oxygen atoms in total. The van der Waals surface area contributed by atoms with Gasteiger partial charge in [0.1, 0.15) is 33.8 Å². The van der Waals surface area contributed by atoms with Crippen molar-refractivity contribution in [1.29, 1.82) is 0 Å². The van der Waals surface area contributed by atoms with Gasteiger partial charge in [-0.05, 0) is 79.0 Å². The molecule has 0 atom stereocenters. The van der Waals surface area contributed by atoms with E-state index >= 15 is 4.39 Å². The summed E-state index contributed by atoms with van der Waals surface area (Å²) >= 11 is 1.38. The lowest BCUT2D eigenvalue weighted by atomic mass is 9.79. The highest BCUT2D eigenvalue weighted by molar-refractivity contribution is 7.21. The van der Waals surface area contributed by atoms with E-state index in [1.165, 1.54) is 29.0 Å². The van der Waals surface area contributed by atoms with Crippen LogP contribution in [0.15, 0.2) is 73.3 Å². The highest BCUT2D eigenvalue weighted by atomic mass is 32.1. The van der Waals surface area contributed by atoms with Crippen LogP contribution >= 0.6 is 11.3 Å². The monoisotopic (exact) mass is 645 g/mol. The fourth-order valence-electron chi connectivity index (χ4n) is 5.69. The Morgan fingerprint density at radius 3 is 2.02 bits per heavy atom. The summed E-state index contributed by atoms with van der Waals surface area (Å²) in [7, 11) is 0. The van der Waals surface area contributed by atoms with Gasteiger partial charge in [0.25, 0.3) is 0 Å². The number of hydrogen-bond acceptors (Lipinski definition) is 3. The third kappa shape index (κ3) is 6.05. The Kier molecular flexibility index (Phi) is 8.15. The standard InChI is InChI=1S/C34H23F8NOS/c1-2-17-3-5-18(6-4-17)19-8-10-29-30(14-19)45-33(43-29)20-7-9-23(24(35)11-20)21-12-25(36)31(26(37)13-21)34(41,42)44-22-15-27(38)32(40)28(39)16-22/h2,7-18H,1,3-6H2. The summed E-state index contributed by atoms with van der Waals surface area (Å²) in [6.45, 7) is 3.90. The zero-order valence-corrected chi connectivity index (χ0v) is 24.1. The van der Waals surface area contributed by atoms with Crippen molar-refractivity contribution in [3.05, 3.63) is 119 Å². The first kappa shape index (κ1) is 30.8. The third-order valence-electron chi connectivity index (χ3n) is 8.05. The van der Waals surface area contributed by atoms with E-state index in [2.05, 4.69) is 28.4 Å². The fraction of sp³-hybridized carbons (Fsp3) is 0.206. The fourth-order valence-corrected chi connectivity index (χ4v) is 6.70. The molecule has 0 unspecified atom stereocenters. The second-order valence-electron chi connectivity index (χ2n) is 10.9. The van der Waals surface area contributed by atoms with Crippen molar-refractivity contribution < 1.29 is 39.9 Å². The van der Waals surface area contributed by atoms with Crippen molar-refractivity contribution in [3.8, 4) is 27.4 Å². The molecule has 11 heteroatoms. The second kappa shape index (κ2) is 11.9. The molecule has 4 aromatic carbocycles. The highest BCUT2D eigenvalue weighted by Gasteiger charge is 2.41. The largest absolute Gasteiger partial charge is 0.432 e. The van der Waals surface area contributed by atoms with E-state index in [0.29, 0.717) is 34.5 Å². The maximum absolute atomic E-state index is 15.3. The van der Waals surface area contributed by atoms with Crippen molar-refractivity contribution in [1.82, 2.24) is 4.98 Å². The summed E-state index contributed by atoms with van der Waals surface area (Å²) in [6.07, 6.45) is 1.59. The Hall–Kier alpha value is -4.25. The average Bonchev–Trinajstić information content (AvgIpc) is 3.43. The van der Waals surface area contributed by atoms with Crippen LogP contribution in [0.2, 0.25) is 0 Å². The Labute approximate surface area is 256 Å². The number of rotatable bonds is 7. The van der Waals surface area contributed by atoms with Crippen LogP contribution in [-0.4, -0.2) is 4.98 Å². The first-order valence-electron chi connectivity index (χ1n) is 14.0. The summed E-state index contributed by atoms with van der Waals surface area (Å²) in [5, 5.41) is 0.529. The van der Waals surface area contributed by atoms with Gasteiger partial charge in [-0.3, -0.25) is 0 Å². The minimum atomic E-state index is -4.76. The van der Waals surface area contributed by atoms with E-state index < -0.39 is 52.3 Å². The predicted molar refractivity (Wildman–Crippen MR) is 156 cm³/mol. The molecule has 1 aliphatic rings. The zero-order chi connectivity index (χ0) is 32.0. The molecule has 0 spiro atoms. The Balaban J connectivity index is 1.25. The van der Waals surface area contributed by atoms with Crippen LogP contribution in [0, 0.1) is 40.8 Å². The minimum Gasteiger partial charge on any atom is -0.429 e. The summed E-state index contributed by atoms with van der Waals surface area (Å²) < 4.78 is 120. The van der Waals surface area contributed by atoms with Gasteiger partial charge in [-0.1, -0.05) is 24.3 Å². The van der Waals surface area contributed by atoms with Gasteiger partial charge in [-0.25, -0.2) is 31.3 Å². The number of ether oxygens (including phenoxy) is 1. The molecule has 1 heterocycles. The van der Waals surface area contributed by atoms with Gasteiger partial charge in [0.15, 0.2) is 17.5 Å². The SMILES string of the molecule is C=CC1CCC(c2ccc3nc(-c4ccc(-c5cc(F)c(C(F)(F)Oc6cc(F)c(F)c(F)c6)c(F)c5)c(F)c4)sc3c2)CC1. The number of thiazole rings is 1. The van der Waals surface area contributed by atoms with E-state index in [4.69, 9.17) is 0 Å². The third-order valence-corrected chi connectivity index (χ3v) is 9.12. The Morgan fingerprint density at radius 1 is 0.756 bits per heavy atom. The number of alkyl halides is 2. The lowest BCUT2D eigenvalue weighted by Gasteiger charge is -2.26. The Bertz CT molecular complexity index is 1880. The van der Waals surface area contributed by atoms with Crippen LogP contribution in [0.3, 0.4) is 0 Å². The number of halogens is 8. The van der Waals surface area contributed by atoms with E-state index in [1.807, 2.05) is 12.1 Å². The van der Waals surface area contributed by atoms with Crippen molar-refractivity contribution in [2.24, 2.45) is 5.92 Å². The first-order valence-corrected chi connectivity index (χ1v) is 14.8. The second-order valence-corrected chi connectivity index (χ2v) is 12.0. The van der Waals surface area contributed by atoms with E-state index in [0.717, 1.165) is 42.0 Å².